The number of thiophene rings is 1. The van der Waals surface area contributed by atoms with Crippen molar-refractivity contribution in [1.82, 2.24) is 15.5 Å². The molecule has 1 aliphatic heterocycles. The zero-order valence-corrected chi connectivity index (χ0v) is 17.9. The summed E-state index contributed by atoms with van der Waals surface area (Å²) in [6.07, 6.45) is 2.38. The van der Waals surface area contributed by atoms with Gasteiger partial charge < -0.3 is 15.4 Å². The van der Waals surface area contributed by atoms with Crippen LogP contribution in [-0.2, 0) is 4.74 Å². The van der Waals surface area contributed by atoms with Gasteiger partial charge in [0.2, 0.25) is 0 Å². The van der Waals surface area contributed by atoms with E-state index in [4.69, 9.17) is 4.74 Å². The summed E-state index contributed by atoms with van der Waals surface area (Å²) in [6, 6.07) is 2.19. The van der Waals surface area contributed by atoms with Crippen LogP contribution in [-0.4, -0.2) is 63.8 Å². The lowest BCUT2D eigenvalue weighted by atomic mass is 10.1. The standard InChI is InChI=1S/C17H30N4OS.HI/c1-15(16-5-12-23-14-16)13-20-17(18-2)19-6-3-4-7-21-8-10-22-11-9-21;/h5,12,14-15H,3-4,6-11,13H2,1-2H3,(H2,18,19,20);1H. The molecule has 1 unspecified atom stereocenters. The van der Waals surface area contributed by atoms with Crippen molar-refractivity contribution in [3.63, 3.8) is 0 Å². The molecule has 0 radical (unpaired) electrons. The topological polar surface area (TPSA) is 48.9 Å². The third-order valence-corrected chi connectivity index (χ3v) is 4.91. The van der Waals surface area contributed by atoms with Crippen LogP contribution in [0.25, 0.3) is 0 Å². The van der Waals surface area contributed by atoms with E-state index in [1.54, 1.807) is 11.3 Å². The Morgan fingerprint density at radius 2 is 2.12 bits per heavy atom. The Hall–Kier alpha value is -0.380. The number of rotatable bonds is 8. The predicted octanol–water partition coefficient (Wildman–Crippen LogP) is 2.75. The lowest BCUT2D eigenvalue weighted by molar-refractivity contribution is 0.0372. The molecule has 1 aromatic rings. The molecule has 1 aliphatic rings. The van der Waals surface area contributed by atoms with E-state index in [1.165, 1.54) is 18.5 Å². The summed E-state index contributed by atoms with van der Waals surface area (Å²) in [6.45, 7) is 9.22. The van der Waals surface area contributed by atoms with Crippen molar-refractivity contribution in [2.24, 2.45) is 4.99 Å². The van der Waals surface area contributed by atoms with Gasteiger partial charge in [0, 0.05) is 33.2 Å². The highest BCUT2D eigenvalue weighted by Gasteiger charge is 2.09. The highest BCUT2D eigenvalue weighted by molar-refractivity contribution is 14.0. The number of unbranched alkanes of at least 4 members (excludes halogenated alkanes) is 1. The largest absolute Gasteiger partial charge is 0.379 e. The molecule has 7 heteroatoms. The van der Waals surface area contributed by atoms with Gasteiger partial charge in [-0.25, -0.2) is 0 Å². The minimum absolute atomic E-state index is 0. The van der Waals surface area contributed by atoms with Gasteiger partial charge >= 0.3 is 0 Å². The van der Waals surface area contributed by atoms with E-state index in [0.717, 1.165) is 51.8 Å². The summed E-state index contributed by atoms with van der Waals surface area (Å²) in [5.41, 5.74) is 1.39. The molecule has 0 aromatic carbocycles. The van der Waals surface area contributed by atoms with E-state index in [0.29, 0.717) is 5.92 Å². The monoisotopic (exact) mass is 466 g/mol. The SMILES string of the molecule is CN=C(NCCCCN1CCOCC1)NCC(C)c1ccsc1.I. The number of nitrogens with zero attached hydrogens (tertiary/aromatic N) is 2. The Bertz CT molecular complexity index is 449. The van der Waals surface area contributed by atoms with Gasteiger partial charge in [-0.05, 0) is 47.7 Å². The molecule has 1 fully saturated rings. The average Bonchev–Trinajstić information content (AvgIpc) is 3.12. The summed E-state index contributed by atoms with van der Waals surface area (Å²) in [7, 11) is 1.83. The Morgan fingerprint density at radius 3 is 2.79 bits per heavy atom. The number of ether oxygens (including phenoxy) is 1. The van der Waals surface area contributed by atoms with Crippen LogP contribution >= 0.6 is 35.3 Å². The minimum Gasteiger partial charge on any atom is -0.379 e. The third-order valence-electron chi connectivity index (χ3n) is 4.21. The maximum atomic E-state index is 5.37. The fourth-order valence-electron chi connectivity index (χ4n) is 2.64. The Kier molecular flexibility index (Phi) is 11.7. The quantitative estimate of drug-likeness (QED) is 0.268. The Morgan fingerprint density at radius 1 is 1.33 bits per heavy atom. The second-order valence-corrected chi connectivity index (χ2v) is 6.78. The van der Waals surface area contributed by atoms with Crippen LogP contribution in [0.3, 0.4) is 0 Å². The summed E-state index contributed by atoms with van der Waals surface area (Å²) in [5, 5.41) is 11.2. The molecule has 0 saturated carbocycles. The van der Waals surface area contributed by atoms with Crippen LogP contribution in [0.15, 0.2) is 21.8 Å². The second-order valence-electron chi connectivity index (χ2n) is 6.00. The van der Waals surface area contributed by atoms with Gasteiger partial charge in [-0.3, -0.25) is 9.89 Å². The van der Waals surface area contributed by atoms with Crippen molar-refractivity contribution < 1.29 is 4.74 Å². The molecule has 138 valence electrons. The molecule has 2 rings (SSSR count). The van der Waals surface area contributed by atoms with Gasteiger partial charge in [0.05, 0.1) is 13.2 Å². The van der Waals surface area contributed by atoms with Crippen LogP contribution in [0.4, 0.5) is 0 Å². The number of hydrogen-bond donors (Lipinski definition) is 2. The maximum Gasteiger partial charge on any atom is 0.190 e. The molecule has 2 N–H and O–H groups in total. The average molecular weight is 466 g/mol. The van der Waals surface area contributed by atoms with E-state index in [9.17, 15) is 0 Å². The highest BCUT2D eigenvalue weighted by Crippen LogP contribution is 2.16. The first-order valence-corrected chi connectivity index (χ1v) is 9.50. The van der Waals surface area contributed by atoms with Crippen molar-refractivity contribution in [2.45, 2.75) is 25.7 Å². The minimum atomic E-state index is 0. The predicted molar refractivity (Wildman–Crippen MR) is 114 cm³/mol. The molecule has 5 nitrogen and oxygen atoms in total. The normalized spacial score (nSPS) is 17.2. The summed E-state index contributed by atoms with van der Waals surface area (Å²) in [5.74, 6) is 1.40. The fourth-order valence-corrected chi connectivity index (χ4v) is 3.42. The van der Waals surface area contributed by atoms with Crippen molar-refractivity contribution in [2.75, 3.05) is 53.0 Å². The molecule has 0 spiro atoms. The molecule has 24 heavy (non-hydrogen) atoms. The molecular weight excluding hydrogens is 435 g/mol. The fraction of sp³-hybridized carbons (Fsp3) is 0.706. The van der Waals surface area contributed by atoms with Crippen molar-refractivity contribution in [3.8, 4) is 0 Å². The van der Waals surface area contributed by atoms with Crippen LogP contribution < -0.4 is 10.6 Å². The molecule has 2 heterocycles. The highest BCUT2D eigenvalue weighted by atomic mass is 127. The summed E-state index contributed by atoms with van der Waals surface area (Å²) < 4.78 is 5.37. The third kappa shape index (κ3) is 8.13. The molecular formula is C17H31IN4OS. The summed E-state index contributed by atoms with van der Waals surface area (Å²) >= 11 is 1.75. The van der Waals surface area contributed by atoms with Gasteiger partial charge in [0.15, 0.2) is 5.96 Å². The number of hydrogen-bond acceptors (Lipinski definition) is 4. The lowest BCUT2D eigenvalue weighted by Gasteiger charge is -2.26. The molecule has 0 aliphatic carbocycles. The van der Waals surface area contributed by atoms with Gasteiger partial charge in [-0.1, -0.05) is 6.92 Å². The van der Waals surface area contributed by atoms with Gasteiger partial charge in [-0.15, -0.1) is 24.0 Å². The number of nitrogens with one attached hydrogen (secondary N) is 2. The lowest BCUT2D eigenvalue weighted by Crippen LogP contribution is -2.40. The van der Waals surface area contributed by atoms with E-state index >= 15 is 0 Å². The van der Waals surface area contributed by atoms with Gasteiger partial charge in [0.1, 0.15) is 0 Å². The van der Waals surface area contributed by atoms with Crippen LogP contribution in [0.5, 0.6) is 0 Å². The zero-order valence-electron chi connectivity index (χ0n) is 14.8. The number of guanidine groups is 1. The van der Waals surface area contributed by atoms with E-state index in [1.807, 2.05) is 7.05 Å². The zero-order chi connectivity index (χ0) is 16.3. The molecule has 1 aromatic heterocycles. The first-order chi connectivity index (χ1) is 11.3. The van der Waals surface area contributed by atoms with Gasteiger partial charge in [-0.2, -0.15) is 11.3 Å². The molecule has 0 amide bonds. The second kappa shape index (κ2) is 12.9. The first kappa shape index (κ1) is 21.7. The molecule has 1 saturated heterocycles. The Balaban J connectivity index is 0.00000288. The maximum absolute atomic E-state index is 5.37. The van der Waals surface area contributed by atoms with E-state index < -0.39 is 0 Å². The van der Waals surface area contributed by atoms with E-state index in [-0.39, 0.29) is 24.0 Å². The van der Waals surface area contributed by atoms with Crippen LogP contribution in [0.2, 0.25) is 0 Å². The smallest absolute Gasteiger partial charge is 0.190 e. The first-order valence-electron chi connectivity index (χ1n) is 8.56. The number of aliphatic imine (C=N–C) groups is 1. The van der Waals surface area contributed by atoms with Crippen LogP contribution in [0, 0.1) is 0 Å². The number of halogens is 1. The molecule has 0 bridgehead atoms. The van der Waals surface area contributed by atoms with Crippen molar-refractivity contribution >= 4 is 41.3 Å². The van der Waals surface area contributed by atoms with Gasteiger partial charge in [0.25, 0.3) is 0 Å². The van der Waals surface area contributed by atoms with Crippen molar-refractivity contribution in [3.05, 3.63) is 22.4 Å². The van der Waals surface area contributed by atoms with E-state index in [2.05, 4.69) is 44.3 Å². The molecule has 1 atom stereocenters. The number of morpholine rings is 1. The summed E-state index contributed by atoms with van der Waals surface area (Å²) in [4.78, 5) is 6.78. The van der Waals surface area contributed by atoms with Crippen LogP contribution in [0.1, 0.15) is 31.2 Å². The van der Waals surface area contributed by atoms with Crippen molar-refractivity contribution in [1.29, 1.82) is 0 Å². The Labute approximate surface area is 167 Å².